The first-order valence-corrected chi connectivity index (χ1v) is 18.6. The van der Waals surface area contributed by atoms with Gasteiger partial charge in [-0.3, -0.25) is 14.4 Å². The lowest BCUT2D eigenvalue weighted by molar-refractivity contribution is -0.153. The predicted octanol–water partition coefficient (Wildman–Crippen LogP) is 5.09. The zero-order valence-electron chi connectivity index (χ0n) is 27.8. The van der Waals surface area contributed by atoms with Crippen LogP contribution in [0.2, 0.25) is 0 Å². The van der Waals surface area contributed by atoms with E-state index in [9.17, 15) is 14.4 Å². The number of para-hydroxylation sites is 1. The maximum absolute atomic E-state index is 14.5. The second-order valence-corrected chi connectivity index (χ2v) is 16.5. The molecule has 2 aromatic rings. The number of hydrogen-bond acceptors (Lipinski definition) is 7. The van der Waals surface area contributed by atoms with Crippen molar-refractivity contribution in [3.05, 3.63) is 23.7 Å². The average molecular weight is 650 g/mol. The number of hydrogen-bond donors (Lipinski definition) is 1. The van der Waals surface area contributed by atoms with Crippen molar-refractivity contribution in [1.82, 2.24) is 20.1 Å². The number of likely N-dealkylation sites (tertiary alicyclic amines) is 2. The van der Waals surface area contributed by atoms with Gasteiger partial charge >= 0.3 is 0 Å². The molecule has 7 rings (SSSR count). The van der Waals surface area contributed by atoms with Crippen LogP contribution >= 0.6 is 11.3 Å². The van der Waals surface area contributed by atoms with Crippen LogP contribution in [0.4, 0.5) is 5.69 Å². The molecule has 4 heterocycles. The second kappa shape index (κ2) is 12.7. The van der Waals surface area contributed by atoms with E-state index in [1.54, 1.807) is 11.3 Å². The molecule has 1 spiro atoms. The molecular weight excluding hydrogens is 598 g/mol. The lowest BCUT2D eigenvalue weighted by Crippen LogP contribution is -2.65. The van der Waals surface area contributed by atoms with Crippen LogP contribution in [0.3, 0.4) is 0 Å². The zero-order valence-corrected chi connectivity index (χ0v) is 28.7. The molecule has 46 heavy (non-hydrogen) atoms. The van der Waals surface area contributed by atoms with Gasteiger partial charge in [-0.2, -0.15) is 0 Å². The van der Waals surface area contributed by atoms with Crippen LogP contribution in [-0.4, -0.2) is 90.5 Å². The highest BCUT2D eigenvalue weighted by molar-refractivity contribution is 7.16. The number of ether oxygens (including phenoxy) is 1. The van der Waals surface area contributed by atoms with Gasteiger partial charge in [-0.15, -0.1) is 11.3 Å². The Balaban J connectivity index is 1.12. The normalized spacial score (nSPS) is 27.0. The number of thiazole rings is 1. The SMILES string of the molecule is C[C@@H](OCC1CCCCC1)[C@H](NC(=O)[C@@H]1CN(c2cccc3scnc23)CC12CN(C(=O)[C@H]1CC1(C)C)C2)C(=O)N1CCCCC1. The number of fused-ring (bicyclic) bond motifs is 1. The maximum Gasteiger partial charge on any atom is 0.247 e. The van der Waals surface area contributed by atoms with Crippen LogP contribution in [0.1, 0.15) is 78.6 Å². The zero-order chi connectivity index (χ0) is 32.1. The predicted molar refractivity (Wildman–Crippen MR) is 181 cm³/mol. The fourth-order valence-corrected chi connectivity index (χ4v) is 9.32. The molecule has 0 radical (unpaired) electrons. The summed E-state index contributed by atoms with van der Waals surface area (Å²) in [6.45, 7) is 10.7. The molecule has 1 aromatic heterocycles. The van der Waals surface area contributed by atoms with Gasteiger partial charge < -0.3 is 24.8 Å². The number of carbonyl (C=O) groups excluding carboxylic acids is 3. The third-order valence-corrected chi connectivity index (χ3v) is 12.6. The summed E-state index contributed by atoms with van der Waals surface area (Å²) in [6.07, 6.45) is 9.73. The number of aromatic nitrogens is 1. The van der Waals surface area contributed by atoms with Crippen LogP contribution in [0.15, 0.2) is 23.7 Å². The summed E-state index contributed by atoms with van der Waals surface area (Å²) in [5, 5.41) is 3.26. The molecule has 4 atom stereocenters. The van der Waals surface area contributed by atoms with Gasteiger partial charge in [0.1, 0.15) is 11.6 Å². The molecule has 3 saturated heterocycles. The minimum atomic E-state index is -0.729. The molecule has 5 aliphatic rings. The fraction of sp³-hybridized carbons (Fsp3) is 0.722. The smallest absolute Gasteiger partial charge is 0.247 e. The van der Waals surface area contributed by atoms with Crippen molar-refractivity contribution < 1.29 is 19.1 Å². The van der Waals surface area contributed by atoms with Crippen molar-refractivity contribution >= 4 is 45.0 Å². The van der Waals surface area contributed by atoms with Gasteiger partial charge in [0.15, 0.2) is 0 Å². The minimum Gasteiger partial charge on any atom is -0.376 e. The van der Waals surface area contributed by atoms with Crippen molar-refractivity contribution in [2.75, 3.05) is 50.8 Å². The summed E-state index contributed by atoms with van der Waals surface area (Å²) in [5.41, 5.74) is 3.55. The average Bonchev–Trinajstić information content (AvgIpc) is 3.38. The Morgan fingerprint density at radius 1 is 1.00 bits per heavy atom. The molecule has 0 unspecified atom stereocenters. The van der Waals surface area contributed by atoms with Crippen LogP contribution in [-0.2, 0) is 19.1 Å². The molecule has 1 aromatic carbocycles. The largest absolute Gasteiger partial charge is 0.376 e. The van der Waals surface area contributed by atoms with Gasteiger partial charge in [-0.25, -0.2) is 4.98 Å². The summed E-state index contributed by atoms with van der Waals surface area (Å²) in [4.78, 5) is 52.8. The van der Waals surface area contributed by atoms with Gasteiger partial charge in [0, 0.05) is 57.2 Å². The summed E-state index contributed by atoms with van der Waals surface area (Å²) < 4.78 is 7.53. The van der Waals surface area contributed by atoms with Crippen molar-refractivity contribution in [2.45, 2.75) is 90.7 Å². The van der Waals surface area contributed by atoms with Crippen LogP contribution in [0.5, 0.6) is 0 Å². The lowest BCUT2D eigenvalue weighted by atomic mass is 9.70. The first kappa shape index (κ1) is 31.9. The Bertz CT molecular complexity index is 1440. The Morgan fingerprint density at radius 2 is 1.72 bits per heavy atom. The Morgan fingerprint density at radius 3 is 2.43 bits per heavy atom. The van der Waals surface area contributed by atoms with E-state index in [-0.39, 0.29) is 40.4 Å². The third-order valence-electron chi connectivity index (χ3n) is 11.8. The van der Waals surface area contributed by atoms with E-state index >= 15 is 0 Å². The number of piperidine rings is 1. The van der Waals surface area contributed by atoms with Crippen molar-refractivity contribution in [2.24, 2.45) is 28.6 Å². The number of nitrogens with one attached hydrogen (secondary N) is 1. The van der Waals surface area contributed by atoms with E-state index in [1.165, 1.54) is 32.1 Å². The third kappa shape index (κ3) is 6.16. The van der Waals surface area contributed by atoms with Gasteiger partial charge in [0.2, 0.25) is 17.7 Å². The number of benzene rings is 1. The molecule has 10 heteroatoms. The summed E-state index contributed by atoms with van der Waals surface area (Å²) in [7, 11) is 0. The van der Waals surface area contributed by atoms with Crippen molar-refractivity contribution in [1.29, 1.82) is 0 Å². The number of nitrogens with zero attached hydrogens (tertiary/aromatic N) is 4. The molecular formula is C36H51N5O4S. The van der Waals surface area contributed by atoms with Crippen molar-refractivity contribution in [3.8, 4) is 0 Å². The molecule has 9 nitrogen and oxygen atoms in total. The Hall–Kier alpha value is -2.72. The highest BCUT2D eigenvalue weighted by atomic mass is 32.1. The minimum absolute atomic E-state index is 0.0262. The highest BCUT2D eigenvalue weighted by Gasteiger charge is 2.61. The van der Waals surface area contributed by atoms with E-state index in [4.69, 9.17) is 4.74 Å². The standard InChI is InChI=1S/C36H51N5O4S/c1-24(45-19-25-11-6-4-7-12-25)30(34(44)39-15-8-5-9-16-39)38-32(42)27-18-40(28-13-10-14-29-31(28)37-23-46-29)20-36(27)21-41(22-36)33(43)26-17-35(26,2)3/h10,13-14,23-27,30H,4-9,11-12,15-22H2,1-3H3,(H,38,42)/t24-,26-,27+,30+/m1/s1. The fourth-order valence-electron chi connectivity index (χ4n) is 8.62. The van der Waals surface area contributed by atoms with Crippen LogP contribution in [0, 0.1) is 28.6 Å². The maximum atomic E-state index is 14.5. The number of amides is 3. The molecule has 3 aliphatic heterocycles. The molecule has 3 amide bonds. The van der Waals surface area contributed by atoms with E-state index in [0.29, 0.717) is 38.7 Å². The van der Waals surface area contributed by atoms with Gasteiger partial charge in [-0.05, 0) is 68.9 Å². The first-order valence-electron chi connectivity index (χ1n) is 17.7. The van der Waals surface area contributed by atoms with Crippen molar-refractivity contribution in [3.63, 3.8) is 0 Å². The topological polar surface area (TPSA) is 95.1 Å². The second-order valence-electron chi connectivity index (χ2n) is 15.6. The quantitative estimate of drug-likeness (QED) is 0.407. The summed E-state index contributed by atoms with van der Waals surface area (Å²) in [5.74, 6) is 0.328. The van der Waals surface area contributed by atoms with E-state index < -0.39 is 12.1 Å². The Kier molecular flexibility index (Phi) is 8.80. The van der Waals surface area contributed by atoms with E-state index in [1.807, 2.05) is 22.2 Å². The number of anilines is 1. The molecule has 1 N–H and O–H groups in total. The molecule has 2 saturated carbocycles. The molecule has 5 fully saturated rings. The number of carbonyl (C=O) groups is 3. The van der Waals surface area contributed by atoms with Gasteiger partial charge in [-0.1, -0.05) is 39.2 Å². The lowest BCUT2D eigenvalue weighted by Gasteiger charge is -2.51. The molecule has 2 aliphatic carbocycles. The summed E-state index contributed by atoms with van der Waals surface area (Å²) >= 11 is 1.62. The Labute approximate surface area is 277 Å². The first-order chi connectivity index (χ1) is 22.1. The van der Waals surface area contributed by atoms with E-state index in [2.05, 4.69) is 47.2 Å². The number of rotatable bonds is 9. The summed E-state index contributed by atoms with van der Waals surface area (Å²) in [6, 6.07) is 5.50. The highest BCUT2D eigenvalue weighted by Crippen LogP contribution is 2.55. The van der Waals surface area contributed by atoms with Gasteiger partial charge in [0.05, 0.1) is 27.9 Å². The van der Waals surface area contributed by atoms with Crippen LogP contribution < -0.4 is 10.2 Å². The molecule has 250 valence electrons. The van der Waals surface area contributed by atoms with E-state index in [0.717, 1.165) is 54.7 Å². The van der Waals surface area contributed by atoms with Gasteiger partial charge in [0.25, 0.3) is 0 Å². The molecule has 0 bridgehead atoms. The van der Waals surface area contributed by atoms with Crippen LogP contribution in [0.25, 0.3) is 10.2 Å². The monoisotopic (exact) mass is 649 g/mol.